The minimum atomic E-state index is -3.50. The van der Waals surface area contributed by atoms with Gasteiger partial charge < -0.3 is 8.71 Å². The van der Waals surface area contributed by atoms with Gasteiger partial charge in [-0.2, -0.15) is 8.42 Å². The molecule has 0 amide bonds. The van der Waals surface area contributed by atoms with E-state index < -0.39 is 14.8 Å². The summed E-state index contributed by atoms with van der Waals surface area (Å²) in [6.45, 7) is 4.65. The van der Waals surface area contributed by atoms with Crippen LogP contribution in [0.1, 0.15) is 20.3 Å². The standard InChI is InChI=1S/C12H19O4PS4/c1-4-10-19-17(18,15-5-2)20-12-8-6-11(7-9-12)16-21(3,13)14/h6-9H,4-5,10H2,1-3H3. The third-order valence-electron chi connectivity index (χ3n) is 2.03. The Morgan fingerprint density at radius 3 is 2.33 bits per heavy atom. The zero-order chi connectivity index (χ0) is 15.9. The van der Waals surface area contributed by atoms with Crippen molar-refractivity contribution in [3.63, 3.8) is 0 Å². The molecule has 1 unspecified atom stereocenters. The first-order valence-electron chi connectivity index (χ1n) is 6.36. The molecule has 0 fully saturated rings. The Bertz CT molecular complexity index is 586. The van der Waals surface area contributed by atoms with E-state index >= 15 is 0 Å². The molecular weight excluding hydrogens is 367 g/mol. The third kappa shape index (κ3) is 7.90. The predicted octanol–water partition coefficient (Wildman–Crippen LogP) is 4.52. The summed E-state index contributed by atoms with van der Waals surface area (Å²) in [5, 5.41) is 0. The molecule has 0 radical (unpaired) electrons. The van der Waals surface area contributed by atoms with E-state index in [0.717, 1.165) is 23.3 Å². The minimum absolute atomic E-state index is 0.299. The van der Waals surface area contributed by atoms with Crippen molar-refractivity contribution in [1.29, 1.82) is 0 Å². The molecule has 0 aliphatic rings. The van der Waals surface area contributed by atoms with E-state index in [9.17, 15) is 8.42 Å². The second kappa shape index (κ2) is 8.79. The molecule has 0 aliphatic heterocycles. The Morgan fingerprint density at radius 2 is 1.86 bits per heavy atom. The fraction of sp³-hybridized carbons (Fsp3) is 0.500. The molecule has 1 aromatic rings. The zero-order valence-corrected chi connectivity index (χ0v) is 16.3. The van der Waals surface area contributed by atoms with Crippen LogP contribution in [0.5, 0.6) is 5.75 Å². The highest BCUT2D eigenvalue weighted by Crippen LogP contribution is 2.72. The summed E-state index contributed by atoms with van der Waals surface area (Å²) in [6, 6.07) is 6.86. The van der Waals surface area contributed by atoms with Gasteiger partial charge in [0.2, 0.25) is 0 Å². The van der Waals surface area contributed by atoms with Crippen molar-refractivity contribution < 1.29 is 17.1 Å². The van der Waals surface area contributed by atoms with E-state index in [1.54, 1.807) is 47.0 Å². The van der Waals surface area contributed by atoms with Crippen molar-refractivity contribution in [3.8, 4) is 5.75 Å². The van der Waals surface area contributed by atoms with Gasteiger partial charge in [-0.05, 0) is 49.4 Å². The SMILES string of the molecule is CCCSP(=S)(OCC)Sc1ccc(OS(C)(=O)=O)cc1. The lowest BCUT2D eigenvalue weighted by molar-refractivity contribution is 0.393. The smallest absolute Gasteiger partial charge is 0.306 e. The second-order valence-electron chi connectivity index (χ2n) is 4.05. The minimum Gasteiger partial charge on any atom is -0.383 e. The van der Waals surface area contributed by atoms with Crippen LogP contribution in [0.15, 0.2) is 29.2 Å². The van der Waals surface area contributed by atoms with Crippen molar-refractivity contribution in [1.82, 2.24) is 0 Å². The highest BCUT2D eigenvalue weighted by atomic mass is 33.2. The highest BCUT2D eigenvalue weighted by molar-refractivity contribution is 8.99. The number of hydrogen-bond donors (Lipinski definition) is 0. The second-order valence-corrected chi connectivity index (χ2v) is 16.1. The topological polar surface area (TPSA) is 52.6 Å². The summed E-state index contributed by atoms with van der Waals surface area (Å²) in [5.41, 5.74) is 0. The lowest BCUT2D eigenvalue weighted by Gasteiger charge is -2.19. The van der Waals surface area contributed by atoms with Crippen molar-refractivity contribution >= 4 is 49.4 Å². The number of rotatable bonds is 9. The third-order valence-corrected chi connectivity index (χ3v) is 11.7. The van der Waals surface area contributed by atoms with E-state index in [-0.39, 0.29) is 0 Å². The average Bonchev–Trinajstić information content (AvgIpc) is 2.37. The molecule has 0 heterocycles. The van der Waals surface area contributed by atoms with Gasteiger partial charge >= 0.3 is 10.1 Å². The van der Waals surface area contributed by atoms with Gasteiger partial charge in [0.25, 0.3) is 0 Å². The summed E-state index contributed by atoms with van der Waals surface area (Å²) >= 11 is 8.90. The quantitative estimate of drug-likeness (QED) is 0.457. The lowest BCUT2D eigenvalue weighted by Crippen LogP contribution is -2.05. The Labute approximate surface area is 140 Å². The molecule has 1 rings (SSSR count). The summed E-state index contributed by atoms with van der Waals surface area (Å²) in [5.74, 6) is 1.27. The van der Waals surface area contributed by atoms with E-state index in [2.05, 4.69) is 6.92 Å². The van der Waals surface area contributed by atoms with E-state index in [4.69, 9.17) is 20.5 Å². The predicted molar refractivity (Wildman–Crippen MR) is 96.4 cm³/mol. The molecule has 21 heavy (non-hydrogen) atoms. The first kappa shape index (κ1) is 19.3. The van der Waals surface area contributed by atoms with Crippen LogP contribution in [0.2, 0.25) is 0 Å². The Morgan fingerprint density at radius 1 is 1.24 bits per heavy atom. The zero-order valence-electron chi connectivity index (χ0n) is 12.1. The molecule has 4 nitrogen and oxygen atoms in total. The van der Waals surface area contributed by atoms with Gasteiger partial charge in [0.15, 0.2) is 4.67 Å². The Kier molecular flexibility index (Phi) is 8.09. The largest absolute Gasteiger partial charge is 0.383 e. The molecule has 0 bridgehead atoms. The molecule has 120 valence electrons. The molecular formula is C12H19O4PS4. The van der Waals surface area contributed by atoms with Crippen LogP contribution in [0.3, 0.4) is 0 Å². The van der Waals surface area contributed by atoms with Crippen LogP contribution in [0, 0.1) is 0 Å². The molecule has 0 N–H and O–H groups in total. The molecule has 0 aliphatic carbocycles. The van der Waals surface area contributed by atoms with Gasteiger partial charge in [-0.15, -0.1) is 0 Å². The average molecular weight is 387 g/mol. The maximum Gasteiger partial charge on any atom is 0.306 e. The van der Waals surface area contributed by atoms with E-state index in [0.29, 0.717) is 12.4 Å². The van der Waals surface area contributed by atoms with Crippen molar-refractivity contribution in [2.75, 3.05) is 18.6 Å². The molecule has 0 saturated carbocycles. The van der Waals surface area contributed by atoms with Gasteiger partial charge in [0.1, 0.15) is 5.75 Å². The first-order valence-corrected chi connectivity index (χ1v) is 13.9. The van der Waals surface area contributed by atoms with Crippen molar-refractivity contribution in [3.05, 3.63) is 24.3 Å². The number of benzene rings is 1. The van der Waals surface area contributed by atoms with Crippen LogP contribution in [0.4, 0.5) is 0 Å². The summed E-state index contributed by atoms with van der Waals surface area (Å²) < 4.78 is 30.7. The van der Waals surface area contributed by atoms with Crippen LogP contribution >= 0.6 is 27.4 Å². The number of hydrogen-bond acceptors (Lipinski definition) is 7. The van der Waals surface area contributed by atoms with Crippen molar-refractivity contribution in [2.45, 2.75) is 25.2 Å². The van der Waals surface area contributed by atoms with Crippen LogP contribution in [0.25, 0.3) is 0 Å². The Balaban J connectivity index is 2.78. The van der Waals surface area contributed by atoms with Gasteiger partial charge in [0.05, 0.1) is 12.9 Å². The lowest BCUT2D eigenvalue weighted by atomic mass is 10.3. The van der Waals surface area contributed by atoms with E-state index in [1.165, 1.54) is 0 Å². The fourth-order valence-corrected chi connectivity index (χ4v) is 10.4. The van der Waals surface area contributed by atoms with Gasteiger partial charge in [-0.1, -0.05) is 29.7 Å². The van der Waals surface area contributed by atoms with Crippen molar-refractivity contribution in [2.24, 2.45) is 0 Å². The summed E-state index contributed by atoms with van der Waals surface area (Å²) in [7, 11) is -3.50. The van der Waals surface area contributed by atoms with Crippen LogP contribution < -0.4 is 4.18 Å². The molecule has 9 heteroatoms. The van der Waals surface area contributed by atoms with Gasteiger partial charge in [-0.25, -0.2) is 0 Å². The monoisotopic (exact) mass is 386 g/mol. The first-order chi connectivity index (χ1) is 9.78. The summed E-state index contributed by atoms with van der Waals surface area (Å²) in [4.78, 5) is 0.955. The summed E-state index contributed by atoms with van der Waals surface area (Å²) in [6.07, 6.45) is 2.07. The van der Waals surface area contributed by atoms with Crippen LogP contribution in [-0.2, 0) is 26.4 Å². The highest BCUT2D eigenvalue weighted by Gasteiger charge is 2.19. The molecule has 1 atom stereocenters. The molecule has 0 aromatic heterocycles. The van der Waals surface area contributed by atoms with E-state index in [1.807, 2.05) is 6.92 Å². The normalized spacial score (nSPS) is 14.6. The maximum atomic E-state index is 11.1. The van der Waals surface area contributed by atoms with Gasteiger partial charge in [-0.3, -0.25) is 0 Å². The van der Waals surface area contributed by atoms with Crippen LogP contribution in [-0.4, -0.2) is 27.0 Å². The van der Waals surface area contributed by atoms with Gasteiger partial charge in [0, 0.05) is 10.6 Å². The molecule has 0 saturated heterocycles. The molecule has 1 aromatic carbocycles. The molecule has 0 spiro atoms. The maximum absolute atomic E-state index is 11.1. The Hall–Kier alpha value is 0.280. The fourth-order valence-electron chi connectivity index (χ4n) is 1.31.